The molecule has 2 nitrogen and oxygen atoms in total. The maximum absolute atomic E-state index is 12.8. The number of nitrogens with one attached hydrogen (secondary N) is 1. The van der Waals surface area contributed by atoms with Crippen LogP contribution < -0.4 is 5.32 Å². The van der Waals surface area contributed by atoms with Gasteiger partial charge in [0.05, 0.1) is 12.2 Å². The number of rotatable bonds is 5. The summed E-state index contributed by atoms with van der Waals surface area (Å²) in [6.45, 7) is 4.05. The Kier molecular flexibility index (Phi) is 5.16. The minimum Gasteiger partial charge on any atom is -0.383 e. The van der Waals surface area contributed by atoms with E-state index in [1.54, 1.807) is 20.1 Å². The van der Waals surface area contributed by atoms with E-state index in [2.05, 4.69) is 5.32 Å². The molecule has 2 unspecified atom stereocenters. The number of ether oxygens (including phenoxy) is 1. The second-order valence-corrected chi connectivity index (χ2v) is 4.33. The lowest BCUT2D eigenvalue weighted by Crippen LogP contribution is -2.33. The lowest BCUT2D eigenvalue weighted by Gasteiger charge is -2.22. The second-order valence-electron chi connectivity index (χ2n) is 4.33. The zero-order valence-electron chi connectivity index (χ0n) is 10.7. The summed E-state index contributed by atoms with van der Waals surface area (Å²) in [7, 11) is 1.56. The highest BCUT2D eigenvalue weighted by atomic mass is 19.4. The van der Waals surface area contributed by atoms with Crippen LogP contribution in [0.3, 0.4) is 0 Å². The average Bonchev–Trinajstić information content (AvgIpc) is 2.28. The van der Waals surface area contributed by atoms with Crippen LogP contribution in [-0.2, 0) is 10.9 Å². The van der Waals surface area contributed by atoms with Crippen molar-refractivity contribution in [2.24, 2.45) is 0 Å². The number of alkyl halides is 3. The molecule has 18 heavy (non-hydrogen) atoms. The average molecular weight is 261 g/mol. The van der Waals surface area contributed by atoms with Gasteiger partial charge >= 0.3 is 6.18 Å². The normalized spacial score (nSPS) is 15.4. The Hall–Kier alpha value is -1.07. The van der Waals surface area contributed by atoms with E-state index in [-0.39, 0.29) is 17.6 Å². The van der Waals surface area contributed by atoms with Crippen LogP contribution in [0.1, 0.15) is 31.0 Å². The van der Waals surface area contributed by atoms with Gasteiger partial charge < -0.3 is 10.1 Å². The molecule has 5 heteroatoms. The number of methoxy groups -OCH3 is 1. The van der Waals surface area contributed by atoms with Crippen molar-refractivity contribution in [1.29, 1.82) is 0 Å². The van der Waals surface area contributed by atoms with Gasteiger partial charge in [-0.1, -0.05) is 18.2 Å². The van der Waals surface area contributed by atoms with E-state index >= 15 is 0 Å². The van der Waals surface area contributed by atoms with Crippen molar-refractivity contribution in [3.63, 3.8) is 0 Å². The Morgan fingerprint density at radius 1 is 1.22 bits per heavy atom. The molecule has 0 fully saturated rings. The molecule has 0 amide bonds. The first-order chi connectivity index (χ1) is 8.36. The van der Waals surface area contributed by atoms with Crippen LogP contribution in [0, 0.1) is 0 Å². The van der Waals surface area contributed by atoms with Gasteiger partial charge in [0.15, 0.2) is 0 Å². The van der Waals surface area contributed by atoms with Crippen LogP contribution in [0.15, 0.2) is 24.3 Å². The van der Waals surface area contributed by atoms with Gasteiger partial charge in [0, 0.05) is 19.2 Å². The maximum atomic E-state index is 12.8. The molecule has 0 aliphatic heterocycles. The van der Waals surface area contributed by atoms with E-state index in [0.29, 0.717) is 6.61 Å². The SMILES string of the molecule is COCC(C)NC(C)c1ccccc1C(F)(F)F. The molecule has 0 saturated heterocycles. The molecule has 0 aliphatic rings. The molecule has 0 aliphatic carbocycles. The van der Waals surface area contributed by atoms with Crippen molar-refractivity contribution in [1.82, 2.24) is 5.32 Å². The van der Waals surface area contributed by atoms with Gasteiger partial charge in [0.2, 0.25) is 0 Å². The molecule has 1 N–H and O–H groups in total. The molecule has 1 aromatic rings. The molecule has 1 rings (SSSR count). The number of hydrogen-bond acceptors (Lipinski definition) is 2. The summed E-state index contributed by atoms with van der Waals surface area (Å²) in [5, 5.41) is 3.08. The Balaban J connectivity index is 2.89. The van der Waals surface area contributed by atoms with Crippen LogP contribution in [0.25, 0.3) is 0 Å². The van der Waals surface area contributed by atoms with Gasteiger partial charge in [0.25, 0.3) is 0 Å². The van der Waals surface area contributed by atoms with Gasteiger partial charge in [-0.25, -0.2) is 0 Å². The minimum atomic E-state index is -4.32. The topological polar surface area (TPSA) is 21.3 Å². The van der Waals surface area contributed by atoms with Crippen LogP contribution in [-0.4, -0.2) is 19.8 Å². The van der Waals surface area contributed by atoms with Gasteiger partial charge in [-0.05, 0) is 25.5 Å². The molecular formula is C13H18F3NO. The third-order valence-corrected chi connectivity index (χ3v) is 2.68. The second kappa shape index (κ2) is 6.20. The predicted molar refractivity (Wildman–Crippen MR) is 64.3 cm³/mol. The quantitative estimate of drug-likeness (QED) is 0.877. The summed E-state index contributed by atoms with van der Waals surface area (Å²) in [5.74, 6) is 0. The smallest absolute Gasteiger partial charge is 0.383 e. The van der Waals surface area contributed by atoms with E-state index in [0.717, 1.165) is 6.07 Å². The van der Waals surface area contributed by atoms with Gasteiger partial charge in [-0.3, -0.25) is 0 Å². The molecule has 0 radical (unpaired) electrons. The van der Waals surface area contributed by atoms with Crippen LogP contribution in [0.2, 0.25) is 0 Å². The maximum Gasteiger partial charge on any atom is 0.416 e. The van der Waals surface area contributed by atoms with Gasteiger partial charge in [0.1, 0.15) is 0 Å². The van der Waals surface area contributed by atoms with Crippen molar-refractivity contribution in [2.45, 2.75) is 32.1 Å². The first-order valence-corrected chi connectivity index (χ1v) is 5.77. The van der Waals surface area contributed by atoms with E-state index in [1.807, 2.05) is 6.92 Å². The third-order valence-electron chi connectivity index (χ3n) is 2.68. The first kappa shape index (κ1) is 15.0. The highest BCUT2D eigenvalue weighted by Gasteiger charge is 2.34. The molecule has 102 valence electrons. The monoisotopic (exact) mass is 261 g/mol. The van der Waals surface area contributed by atoms with E-state index in [9.17, 15) is 13.2 Å². The third kappa shape index (κ3) is 3.99. The van der Waals surface area contributed by atoms with Crippen molar-refractivity contribution in [2.75, 3.05) is 13.7 Å². The number of benzene rings is 1. The molecular weight excluding hydrogens is 243 g/mol. The molecule has 1 aromatic carbocycles. The van der Waals surface area contributed by atoms with Gasteiger partial charge in [-0.2, -0.15) is 13.2 Å². The van der Waals surface area contributed by atoms with Crippen LogP contribution >= 0.6 is 0 Å². The number of halogens is 3. The Bertz CT molecular complexity index is 379. The molecule has 0 heterocycles. The zero-order chi connectivity index (χ0) is 13.8. The van der Waals surface area contributed by atoms with Crippen LogP contribution in [0.4, 0.5) is 13.2 Å². The summed E-state index contributed by atoms with van der Waals surface area (Å²) in [6, 6.07) is 5.23. The zero-order valence-corrected chi connectivity index (χ0v) is 10.7. The van der Waals surface area contributed by atoms with E-state index < -0.39 is 11.7 Å². The van der Waals surface area contributed by atoms with Crippen molar-refractivity contribution in [3.05, 3.63) is 35.4 Å². The van der Waals surface area contributed by atoms with E-state index in [4.69, 9.17) is 4.74 Å². The fourth-order valence-corrected chi connectivity index (χ4v) is 1.95. The van der Waals surface area contributed by atoms with Crippen molar-refractivity contribution in [3.8, 4) is 0 Å². The summed E-state index contributed by atoms with van der Waals surface area (Å²) in [5.41, 5.74) is -0.331. The summed E-state index contributed by atoms with van der Waals surface area (Å²) in [4.78, 5) is 0. The van der Waals surface area contributed by atoms with Crippen LogP contribution in [0.5, 0.6) is 0 Å². The first-order valence-electron chi connectivity index (χ1n) is 5.77. The molecule has 0 bridgehead atoms. The van der Waals surface area contributed by atoms with Crippen molar-refractivity contribution >= 4 is 0 Å². The highest BCUT2D eigenvalue weighted by molar-refractivity contribution is 5.32. The molecule has 0 spiro atoms. The number of hydrogen-bond donors (Lipinski definition) is 1. The van der Waals surface area contributed by atoms with Gasteiger partial charge in [-0.15, -0.1) is 0 Å². The summed E-state index contributed by atoms with van der Waals surface area (Å²) < 4.78 is 43.5. The molecule has 0 aromatic heterocycles. The Morgan fingerprint density at radius 3 is 2.39 bits per heavy atom. The lowest BCUT2D eigenvalue weighted by atomic mass is 10.0. The van der Waals surface area contributed by atoms with E-state index in [1.165, 1.54) is 12.1 Å². The fraction of sp³-hybridized carbons (Fsp3) is 0.538. The molecule has 2 atom stereocenters. The lowest BCUT2D eigenvalue weighted by molar-refractivity contribution is -0.138. The predicted octanol–water partition coefficient (Wildman–Crippen LogP) is 3.39. The fourth-order valence-electron chi connectivity index (χ4n) is 1.95. The summed E-state index contributed by atoms with van der Waals surface area (Å²) >= 11 is 0. The molecule has 0 saturated carbocycles. The standard InChI is InChI=1S/C13H18F3NO/c1-9(8-18-3)17-10(2)11-6-4-5-7-12(11)13(14,15)16/h4-7,9-10,17H,8H2,1-3H3. The largest absolute Gasteiger partial charge is 0.416 e. The highest BCUT2D eigenvalue weighted by Crippen LogP contribution is 2.34. The Morgan fingerprint density at radius 2 is 1.83 bits per heavy atom. The Labute approximate surface area is 105 Å². The van der Waals surface area contributed by atoms with Crippen molar-refractivity contribution < 1.29 is 17.9 Å². The summed E-state index contributed by atoms with van der Waals surface area (Å²) in [6.07, 6.45) is -4.32. The minimum absolute atomic E-state index is 0.00807.